The third-order valence-corrected chi connectivity index (χ3v) is 2.51. The van der Waals surface area contributed by atoms with Gasteiger partial charge in [0, 0.05) is 0 Å². The first kappa shape index (κ1) is 16.2. The molecule has 1 aromatic carbocycles. The van der Waals surface area contributed by atoms with E-state index in [1.165, 1.54) is 12.1 Å². The van der Waals surface area contributed by atoms with Crippen molar-refractivity contribution in [2.45, 2.75) is 25.9 Å². The van der Waals surface area contributed by atoms with Crippen molar-refractivity contribution in [1.29, 1.82) is 0 Å². The molecular formula is C11H15Cl2FN2O. The topological polar surface area (TPSA) is 55.1 Å². The molecule has 0 spiro atoms. The molecule has 3 nitrogen and oxygen atoms in total. The molecule has 0 aromatic heterocycles. The molecule has 6 heteroatoms. The summed E-state index contributed by atoms with van der Waals surface area (Å²) in [7, 11) is 0. The molecule has 1 aromatic rings. The van der Waals surface area contributed by atoms with E-state index in [4.69, 9.17) is 17.3 Å². The van der Waals surface area contributed by atoms with Crippen LogP contribution in [0.4, 0.5) is 4.39 Å². The molecule has 1 rings (SSSR count). The number of hydrogen-bond donors (Lipinski definition) is 2. The van der Waals surface area contributed by atoms with Crippen LogP contribution in [0.5, 0.6) is 0 Å². The number of halogens is 3. The zero-order chi connectivity index (χ0) is 12.3. The molecule has 96 valence electrons. The van der Waals surface area contributed by atoms with E-state index < -0.39 is 11.9 Å². The lowest BCUT2D eigenvalue weighted by Gasteiger charge is -2.16. The zero-order valence-electron chi connectivity index (χ0n) is 9.54. The van der Waals surface area contributed by atoms with Gasteiger partial charge in [0.25, 0.3) is 0 Å². The molecule has 0 aliphatic heterocycles. The molecule has 0 saturated heterocycles. The molecule has 0 aliphatic rings. The van der Waals surface area contributed by atoms with Gasteiger partial charge in [0.15, 0.2) is 0 Å². The van der Waals surface area contributed by atoms with Crippen molar-refractivity contribution in [1.82, 2.24) is 5.32 Å². The minimum absolute atomic E-state index is 0. The van der Waals surface area contributed by atoms with Gasteiger partial charge in [-0.2, -0.15) is 0 Å². The number of rotatable bonds is 3. The van der Waals surface area contributed by atoms with E-state index in [0.717, 1.165) is 5.56 Å². The maximum Gasteiger partial charge on any atom is 0.237 e. The van der Waals surface area contributed by atoms with Crippen LogP contribution in [-0.2, 0) is 4.79 Å². The predicted octanol–water partition coefficient (Wildman–Crippen LogP) is 2.43. The lowest BCUT2D eigenvalue weighted by Crippen LogP contribution is -2.39. The minimum Gasteiger partial charge on any atom is -0.348 e. The van der Waals surface area contributed by atoms with Gasteiger partial charge in [0.05, 0.1) is 17.1 Å². The lowest BCUT2D eigenvalue weighted by atomic mass is 10.1. The zero-order valence-corrected chi connectivity index (χ0v) is 11.1. The normalized spacial score (nSPS) is 13.5. The van der Waals surface area contributed by atoms with Gasteiger partial charge in [-0.25, -0.2) is 4.39 Å². The van der Waals surface area contributed by atoms with E-state index in [2.05, 4.69) is 5.32 Å². The Bertz CT molecular complexity index is 399. The maximum atomic E-state index is 12.9. The second-order valence-corrected chi connectivity index (χ2v) is 4.10. The molecule has 17 heavy (non-hydrogen) atoms. The molecule has 1 unspecified atom stereocenters. The summed E-state index contributed by atoms with van der Waals surface area (Å²) in [5, 5.41) is 2.74. The number of nitrogens with two attached hydrogens (primary N) is 1. The molecule has 0 heterocycles. The number of amides is 1. The van der Waals surface area contributed by atoms with Crippen LogP contribution in [0.3, 0.4) is 0 Å². The molecule has 0 radical (unpaired) electrons. The molecule has 0 aliphatic carbocycles. The summed E-state index contributed by atoms with van der Waals surface area (Å²) in [6, 6.07) is 3.51. The summed E-state index contributed by atoms with van der Waals surface area (Å²) in [6.45, 7) is 3.38. The minimum atomic E-state index is -0.571. The lowest BCUT2D eigenvalue weighted by molar-refractivity contribution is -0.122. The van der Waals surface area contributed by atoms with Gasteiger partial charge < -0.3 is 11.1 Å². The van der Waals surface area contributed by atoms with Crippen LogP contribution in [0.25, 0.3) is 0 Å². The Labute approximate surface area is 111 Å². The quantitative estimate of drug-likeness (QED) is 0.894. The van der Waals surface area contributed by atoms with Crippen LogP contribution in [0.1, 0.15) is 25.5 Å². The van der Waals surface area contributed by atoms with E-state index in [1.807, 2.05) is 0 Å². The average molecular weight is 281 g/mol. The molecule has 0 saturated carbocycles. The maximum absolute atomic E-state index is 12.9. The van der Waals surface area contributed by atoms with E-state index in [-0.39, 0.29) is 29.4 Å². The summed E-state index contributed by atoms with van der Waals surface area (Å²) in [4.78, 5) is 11.3. The van der Waals surface area contributed by atoms with Crippen molar-refractivity contribution in [3.8, 4) is 0 Å². The second-order valence-electron chi connectivity index (χ2n) is 3.69. The summed E-state index contributed by atoms with van der Waals surface area (Å²) in [6.07, 6.45) is 0. The van der Waals surface area contributed by atoms with Crippen LogP contribution in [0.15, 0.2) is 18.2 Å². The van der Waals surface area contributed by atoms with E-state index in [1.54, 1.807) is 19.9 Å². The van der Waals surface area contributed by atoms with E-state index in [9.17, 15) is 9.18 Å². The van der Waals surface area contributed by atoms with E-state index in [0.29, 0.717) is 0 Å². The highest BCUT2D eigenvalue weighted by Crippen LogP contribution is 2.20. The molecule has 1 amide bonds. The highest BCUT2D eigenvalue weighted by atomic mass is 35.5. The van der Waals surface area contributed by atoms with Gasteiger partial charge >= 0.3 is 0 Å². The molecular weight excluding hydrogens is 266 g/mol. The number of nitrogens with one attached hydrogen (secondary N) is 1. The Balaban J connectivity index is 0.00000256. The monoisotopic (exact) mass is 280 g/mol. The Morgan fingerprint density at radius 2 is 2.06 bits per heavy atom. The summed E-state index contributed by atoms with van der Waals surface area (Å²) in [5.74, 6) is -0.732. The van der Waals surface area contributed by atoms with Gasteiger partial charge in [0.2, 0.25) is 5.91 Å². The summed E-state index contributed by atoms with van der Waals surface area (Å²) in [5.41, 5.74) is 6.15. The fourth-order valence-corrected chi connectivity index (χ4v) is 1.40. The Morgan fingerprint density at radius 1 is 1.47 bits per heavy atom. The number of benzene rings is 1. The smallest absolute Gasteiger partial charge is 0.237 e. The third kappa shape index (κ3) is 4.50. The fraction of sp³-hybridized carbons (Fsp3) is 0.364. The van der Waals surface area contributed by atoms with E-state index >= 15 is 0 Å². The average Bonchev–Trinajstić information content (AvgIpc) is 2.21. The van der Waals surface area contributed by atoms with Crippen molar-refractivity contribution in [3.05, 3.63) is 34.6 Å². The van der Waals surface area contributed by atoms with Crippen LogP contribution in [0.2, 0.25) is 5.02 Å². The van der Waals surface area contributed by atoms with Crippen LogP contribution < -0.4 is 11.1 Å². The van der Waals surface area contributed by atoms with Crippen molar-refractivity contribution >= 4 is 29.9 Å². The van der Waals surface area contributed by atoms with Crippen LogP contribution >= 0.6 is 24.0 Å². The first-order valence-electron chi connectivity index (χ1n) is 4.92. The highest BCUT2D eigenvalue weighted by molar-refractivity contribution is 6.30. The van der Waals surface area contributed by atoms with Crippen LogP contribution in [-0.4, -0.2) is 11.9 Å². The Kier molecular flexibility index (Phi) is 6.45. The number of carbonyl (C=O) groups excluding carboxylic acids is 1. The van der Waals surface area contributed by atoms with Gasteiger partial charge in [0.1, 0.15) is 5.82 Å². The molecule has 0 fully saturated rings. The number of carbonyl (C=O) groups is 1. The largest absolute Gasteiger partial charge is 0.348 e. The van der Waals surface area contributed by atoms with Crippen molar-refractivity contribution in [2.24, 2.45) is 5.73 Å². The molecule has 2 atom stereocenters. The third-order valence-electron chi connectivity index (χ3n) is 2.22. The van der Waals surface area contributed by atoms with Crippen molar-refractivity contribution in [3.63, 3.8) is 0 Å². The first-order chi connectivity index (χ1) is 7.41. The van der Waals surface area contributed by atoms with Gasteiger partial charge in [-0.05, 0) is 31.5 Å². The highest BCUT2D eigenvalue weighted by Gasteiger charge is 2.13. The standard InChI is InChI=1S/C11H14ClFN2O.ClH/c1-6(14)11(16)15-7(2)8-3-4-10(13)9(12)5-8;/h3-7H,14H2,1-2H3,(H,15,16);1H/t6-,7?;/m0./s1. The SMILES string of the molecule is CC(NC(=O)[C@H](C)N)c1ccc(F)c(Cl)c1.Cl. The second kappa shape index (κ2) is 6.79. The summed E-state index contributed by atoms with van der Waals surface area (Å²) >= 11 is 5.64. The predicted molar refractivity (Wildman–Crippen MR) is 68.9 cm³/mol. The Morgan fingerprint density at radius 3 is 2.53 bits per heavy atom. The van der Waals surface area contributed by atoms with Gasteiger partial charge in [-0.1, -0.05) is 17.7 Å². The fourth-order valence-electron chi connectivity index (χ4n) is 1.21. The molecule has 0 bridgehead atoms. The van der Waals surface area contributed by atoms with Gasteiger partial charge in [-0.15, -0.1) is 12.4 Å². The van der Waals surface area contributed by atoms with Crippen molar-refractivity contribution < 1.29 is 9.18 Å². The molecule has 3 N–H and O–H groups in total. The summed E-state index contributed by atoms with van der Waals surface area (Å²) < 4.78 is 12.9. The van der Waals surface area contributed by atoms with Crippen LogP contribution in [0, 0.1) is 5.82 Å². The first-order valence-corrected chi connectivity index (χ1v) is 5.30. The Hall–Kier alpha value is -0.840. The number of hydrogen-bond acceptors (Lipinski definition) is 2. The van der Waals surface area contributed by atoms with Crippen molar-refractivity contribution in [2.75, 3.05) is 0 Å². The van der Waals surface area contributed by atoms with Gasteiger partial charge in [-0.3, -0.25) is 4.79 Å².